The first-order chi connectivity index (χ1) is 9.86. The van der Waals surface area contributed by atoms with E-state index in [1.54, 1.807) is 0 Å². The molecule has 1 aliphatic heterocycles. The Kier molecular flexibility index (Phi) is 6.13. The van der Waals surface area contributed by atoms with Crippen molar-refractivity contribution in [1.29, 1.82) is 0 Å². The van der Waals surface area contributed by atoms with E-state index in [1.807, 2.05) is 26.7 Å². The summed E-state index contributed by atoms with van der Waals surface area (Å²) in [7, 11) is -3.87. The molecule has 1 aliphatic rings. The molecular weight excluding hydrogens is 336 g/mol. The van der Waals surface area contributed by atoms with Crippen molar-refractivity contribution in [3.05, 3.63) is 18.7 Å². The van der Waals surface area contributed by atoms with Crippen molar-refractivity contribution in [1.82, 2.24) is 4.57 Å². The van der Waals surface area contributed by atoms with Crippen molar-refractivity contribution >= 4 is 36.4 Å². The third-order valence-electron chi connectivity index (χ3n) is 3.17. The lowest BCUT2D eigenvalue weighted by Gasteiger charge is -2.35. The first kappa shape index (κ1) is 17.3. The third kappa shape index (κ3) is 5.56. The maximum atomic E-state index is 6.22. The summed E-state index contributed by atoms with van der Waals surface area (Å²) in [6.07, 6.45) is 7.28. The fourth-order valence-electron chi connectivity index (χ4n) is 2.42. The summed E-state index contributed by atoms with van der Waals surface area (Å²) < 4.78 is 28.4. The molecule has 0 N–H and O–H groups in total. The number of hydrogen-bond acceptors (Lipinski definition) is 4. The highest BCUT2D eigenvalue weighted by atomic mass is 28.5. The first-order valence-electron chi connectivity index (χ1n) is 7.12. The van der Waals surface area contributed by atoms with E-state index in [1.165, 1.54) is 0 Å². The van der Waals surface area contributed by atoms with Gasteiger partial charge < -0.3 is 16.5 Å². The molecule has 0 bridgehead atoms. The van der Waals surface area contributed by atoms with Crippen molar-refractivity contribution < 1.29 is 21.0 Å². The SMILES string of the molecule is C[n+]1ccn(CCC[Si]2(C)O[Si](C)O[Si](C)O[Si](C)O2)c1. The molecule has 21 heavy (non-hydrogen) atoms. The lowest BCUT2D eigenvalue weighted by atomic mass is 10.5. The molecule has 0 aromatic carbocycles. The number of imidazole rings is 1. The second-order valence-corrected chi connectivity index (χ2v) is 14.4. The Morgan fingerprint density at radius 2 is 1.71 bits per heavy atom. The minimum absolute atomic E-state index is 0.970. The smallest absolute Gasteiger partial charge is 0.362 e. The molecule has 2 rings (SSSR count). The highest BCUT2D eigenvalue weighted by molar-refractivity contribution is 6.81. The molecule has 6 nitrogen and oxygen atoms in total. The molecule has 1 fully saturated rings. The average Bonchev–Trinajstić information content (AvgIpc) is 2.72. The maximum absolute atomic E-state index is 6.22. The van der Waals surface area contributed by atoms with Crippen LogP contribution in [0.5, 0.6) is 0 Å². The van der Waals surface area contributed by atoms with E-state index >= 15 is 0 Å². The normalized spacial score (nSPS) is 22.1. The minimum atomic E-state index is -2.19. The van der Waals surface area contributed by atoms with E-state index < -0.39 is 36.4 Å². The highest BCUT2D eigenvalue weighted by Crippen LogP contribution is 2.22. The van der Waals surface area contributed by atoms with E-state index in [0.717, 1.165) is 19.0 Å². The van der Waals surface area contributed by atoms with Crippen LogP contribution in [0, 0.1) is 0 Å². The van der Waals surface area contributed by atoms with Crippen molar-refractivity contribution in [3.8, 4) is 0 Å². The molecule has 1 aromatic heterocycles. The first-order valence-corrected chi connectivity index (χ1v) is 15.1. The van der Waals surface area contributed by atoms with Crippen LogP contribution in [0.1, 0.15) is 6.42 Å². The molecular formula is C11H24N2O4Si4+. The quantitative estimate of drug-likeness (QED) is 0.598. The molecule has 0 unspecified atom stereocenters. The second-order valence-electron chi connectivity index (χ2n) is 5.44. The average molecular weight is 361 g/mol. The second kappa shape index (κ2) is 7.46. The number of nitrogens with zero attached hydrogens (tertiary/aromatic N) is 2. The Labute approximate surface area is 133 Å². The molecule has 0 saturated carbocycles. The van der Waals surface area contributed by atoms with Crippen LogP contribution >= 0.6 is 0 Å². The topological polar surface area (TPSA) is 45.7 Å². The van der Waals surface area contributed by atoms with E-state index in [4.69, 9.17) is 16.5 Å². The third-order valence-corrected chi connectivity index (χ3v) is 14.8. The largest absolute Gasteiger partial charge is 0.415 e. The fraction of sp³-hybridized carbons (Fsp3) is 0.727. The number of aromatic nitrogens is 2. The van der Waals surface area contributed by atoms with Gasteiger partial charge in [-0.3, -0.25) is 0 Å². The lowest BCUT2D eigenvalue weighted by molar-refractivity contribution is -0.671. The highest BCUT2D eigenvalue weighted by Gasteiger charge is 2.40. The number of aryl methyl sites for hydroxylation is 2. The zero-order valence-corrected chi connectivity index (χ0v) is 17.4. The molecule has 2 heterocycles. The van der Waals surface area contributed by atoms with Crippen LogP contribution < -0.4 is 4.57 Å². The Morgan fingerprint density at radius 3 is 2.24 bits per heavy atom. The molecule has 1 saturated heterocycles. The van der Waals surface area contributed by atoms with E-state index in [0.29, 0.717) is 0 Å². The van der Waals surface area contributed by atoms with Gasteiger partial charge >= 0.3 is 36.4 Å². The van der Waals surface area contributed by atoms with E-state index in [2.05, 4.69) is 34.4 Å². The van der Waals surface area contributed by atoms with Gasteiger partial charge in [0.25, 0.3) is 0 Å². The van der Waals surface area contributed by atoms with Crippen LogP contribution in [0.15, 0.2) is 18.7 Å². The van der Waals surface area contributed by atoms with E-state index in [9.17, 15) is 0 Å². The summed E-state index contributed by atoms with van der Waals surface area (Å²) in [4.78, 5) is 0. The maximum Gasteiger partial charge on any atom is 0.362 e. The molecule has 10 heteroatoms. The van der Waals surface area contributed by atoms with Gasteiger partial charge in [-0.05, 0) is 38.7 Å². The fourth-order valence-corrected chi connectivity index (χ4v) is 14.3. The van der Waals surface area contributed by atoms with Gasteiger partial charge in [0.1, 0.15) is 12.4 Å². The van der Waals surface area contributed by atoms with Crippen LogP contribution in [0.2, 0.25) is 32.2 Å². The zero-order chi connectivity index (χ0) is 15.5. The van der Waals surface area contributed by atoms with Crippen molar-refractivity contribution in [2.75, 3.05) is 0 Å². The Morgan fingerprint density at radius 1 is 1.10 bits per heavy atom. The van der Waals surface area contributed by atoms with Gasteiger partial charge in [0.15, 0.2) is 0 Å². The monoisotopic (exact) mass is 360 g/mol. The van der Waals surface area contributed by atoms with Gasteiger partial charge in [0.2, 0.25) is 6.33 Å². The summed E-state index contributed by atoms with van der Waals surface area (Å²) in [6, 6.07) is 0.970. The van der Waals surface area contributed by atoms with Crippen molar-refractivity contribution in [2.24, 2.45) is 7.05 Å². The molecule has 3 radical (unpaired) electrons. The summed E-state index contributed by atoms with van der Waals surface area (Å²) in [6.45, 7) is 9.21. The van der Waals surface area contributed by atoms with Crippen LogP contribution in [-0.4, -0.2) is 41.0 Å². The molecule has 0 spiro atoms. The van der Waals surface area contributed by atoms with E-state index in [-0.39, 0.29) is 0 Å². The van der Waals surface area contributed by atoms with Gasteiger partial charge in [0, 0.05) is 0 Å². The van der Waals surface area contributed by atoms with Gasteiger partial charge in [0.05, 0.1) is 13.6 Å². The molecule has 1 aromatic rings. The standard InChI is InChI=1S/C11H24N2O4Si4/c1-12-8-9-13(11-12)7-6-10-21(5)16-19(3)14-18(2)15-20(4)17-21/h8-9,11H,6-7,10H2,1-5H3/q+1. The van der Waals surface area contributed by atoms with Crippen LogP contribution in [-0.2, 0) is 30.1 Å². The summed E-state index contributed by atoms with van der Waals surface area (Å²) in [5.41, 5.74) is 0. The van der Waals surface area contributed by atoms with Crippen molar-refractivity contribution in [3.63, 3.8) is 0 Å². The van der Waals surface area contributed by atoms with Crippen LogP contribution in [0.4, 0.5) is 0 Å². The van der Waals surface area contributed by atoms with Gasteiger partial charge in [-0.15, -0.1) is 0 Å². The van der Waals surface area contributed by atoms with Gasteiger partial charge in [-0.1, -0.05) is 0 Å². The van der Waals surface area contributed by atoms with Crippen LogP contribution in [0.3, 0.4) is 0 Å². The Balaban J connectivity index is 1.89. The lowest BCUT2D eigenvalue weighted by Crippen LogP contribution is -2.53. The zero-order valence-electron chi connectivity index (χ0n) is 13.4. The molecule has 117 valence electrons. The summed E-state index contributed by atoms with van der Waals surface area (Å²) >= 11 is 0. The predicted octanol–water partition coefficient (Wildman–Crippen LogP) is 1.21. The Hall–Kier alpha value is -0.0825. The van der Waals surface area contributed by atoms with Crippen LogP contribution in [0.25, 0.3) is 0 Å². The number of rotatable bonds is 4. The van der Waals surface area contributed by atoms with Gasteiger partial charge in [-0.2, -0.15) is 0 Å². The molecule has 0 atom stereocenters. The minimum Gasteiger partial charge on any atom is -0.415 e. The Bertz CT molecular complexity index is 447. The predicted molar refractivity (Wildman–Crippen MR) is 85.8 cm³/mol. The summed E-state index contributed by atoms with van der Waals surface area (Å²) in [5, 5.41) is 0. The number of hydrogen-bond donors (Lipinski definition) is 0. The molecule has 0 aliphatic carbocycles. The molecule has 0 amide bonds. The van der Waals surface area contributed by atoms with Crippen molar-refractivity contribution in [2.45, 2.75) is 45.2 Å². The van der Waals surface area contributed by atoms with Gasteiger partial charge in [-0.25, -0.2) is 9.13 Å². The summed E-state index contributed by atoms with van der Waals surface area (Å²) in [5.74, 6) is 0.